The van der Waals surface area contributed by atoms with E-state index in [1.807, 2.05) is 39.0 Å². The second-order valence-corrected chi connectivity index (χ2v) is 8.59. The third-order valence-corrected chi connectivity index (χ3v) is 6.25. The van der Waals surface area contributed by atoms with Crippen LogP contribution in [-0.4, -0.2) is 49.6 Å². The van der Waals surface area contributed by atoms with Crippen molar-refractivity contribution in [2.45, 2.75) is 39.7 Å². The molecular weight excluding hydrogens is 432 g/mol. The summed E-state index contributed by atoms with van der Waals surface area (Å²) in [5.41, 5.74) is 5.03. The van der Waals surface area contributed by atoms with Crippen molar-refractivity contribution in [3.8, 4) is 22.9 Å². The number of nitrogens with zero attached hydrogens (tertiary/aromatic N) is 6. The molecule has 1 fully saturated rings. The van der Waals surface area contributed by atoms with Gasteiger partial charge in [-0.1, -0.05) is 22.9 Å². The van der Waals surface area contributed by atoms with Crippen molar-refractivity contribution in [3.63, 3.8) is 0 Å². The van der Waals surface area contributed by atoms with Gasteiger partial charge in [0, 0.05) is 12.1 Å². The van der Waals surface area contributed by atoms with Gasteiger partial charge in [-0.15, -0.1) is 0 Å². The van der Waals surface area contributed by atoms with E-state index in [1.165, 1.54) is 4.80 Å². The van der Waals surface area contributed by atoms with Crippen LogP contribution in [0.5, 0.6) is 5.75 Å². The fourth-order valence-corrected chi connectivity index (χ4v) is 4.45. The molecular formula is C25H26N6O3. The van der Waals surface area contributed by atoms with Gasteiger partial charge in [-0.05, 0) is 62.9 Å². The van der Waals surface area contributed by atoms with Crippen LogP contribution in [0.3, 0.4) is 0 Å². The van der Waals surface area contributed by atoms with E-state index in [2.05, 4.69) is 26.4 Å². The van der Waals surface area contributed by atoms with Crippen LogP contribution >= 0.6 is 0 Å². The van der Waals surface area contributed by atoms with Gasteiger partial charge in [0.1, 0.15) is 5.75 Å². The molecule has 1 amide bonds. The Kier molecular flexibility index (Phi) is 5.61. The first-order valence-corrected chi connectivity index (χ1v) is 11.2. The number of hydrogen-bond donors (Lipinski definition) is 0. The number of hydrogen-bond acceptors (Lipinski definition) is 7. The van der Waals surface area contributed by atoms with Gasteiger partial charge in [-0.25, -0.2) is 0 Å². The molecule has 1 unspecified atom stereocenters. The molecule has 9 nitrogen and oxygen atoms in total. The van der Waals surface area contributed by atoms with Crippen LogP contribution in [0.2, 0.25) is 0 Å². The topological polar surface area (TPSA) is 99.2 Å². The van der Waals surface area contributed by atoms with Crippen molar-refractivity contribution in [2.75, 3.05) is 13.7 Å². The third-order valence-electron chi connectivity index (χ3n) is 6.25. The number of carbonyl (C=O) groups excluding carboxylic acids is 1. The Morgan fingerprint density at radius 2 is 1.88 bits per heavy atom. The Morgan fingerprint density at radius 1 is 1.09 bits per heavy atom. The predicted octanol–water partition coefficient (Wildman–Crippen LogP) is 4.23. The molecule has 0 aliphatic carbocycles. The summed E-state index contributed by atoms with van der Waals surface area (Å²) in [5.74, 6) is 1.46. The van der Waals surface area contributed by atoms with Gasteiger partial charge in [0.25, 0.3) is 11.8 Å². The highest BCUT2D eigenvalue weighted by molar-refractivity contribution is 5.98. The van der Waals surface area contributed by atoms with Crippen molar-refractivity contribution in [2.24, 2.45) is 0 Å². The number of benzene rings is 2. The molecule has 34 heavy (non-hydrogen) atoms. The average Bonchev–Trinajstić information content (AvgIpc) is 3.61. The summed E-state index contributed by atoms with van der Waals surface area (Å²) < 4.78 is 11.1. The lowest BCUT2D eigenvalue weighted by molar-refractivity contribution is 0.0727. The smallest absolute Gasteiger partial charge is 0.258 e. The molecule has 2 aromatic heterocycles. The zero-order valence-electron chi connectivity index (χ0n) is 19.6. The Bertz CT molecular complexity index is 1340. The molecule has 0 N–H and O–H groups in total. The fraction of sp³-hybridized carbons (Fsp3) is 0.320. The maximum atomic E-state index is 13.8. The fourth-order valence-electron chi connectivity index (χ4n) is 4.45. The first-order chi connectivity index (χ1) is 16.5. The normalized spacial score (nSPS) is 15.6. The number of carbonyl (C=O) groups is 1. The summed E-state index contributed by atoms with van der Waals surface area (Å²) in [5, 5.41) is 12.7. The lowest BCUT2D eigenvalue weighted by atomic mass is 10.1. The van der Waals surface area contributed by atoms with Gasteiger partial charge in [0.05, 0.1) is 36.8 Å². The Balaban J connectivity index is 1.50. The van der Waals surface area contributed by atoms with Crippen molar-refractivity contribution in [1.29, 1.82) is 0 Å². The Morgan fingerprint density at radius 3 is 2.65 bits per heavy atom. The number of aromatic nitrogens is 5. The maximum Gasteiger partial charge on any atom is 0.258 e. The maximum absolute atomic E-state index is 13.8. The largest absolute Gasteiger partial charge is 0.496 e. The van der Waals surface area contributed by atoms with E-state index in [0.29, 0.717) is 35.3 Å². The van der Waals surface area contributed by atoms with Crippen molar-refractivity contribution < 1.29 is 14.1 Å². The number of likely N-dealkylation sites (tertiary alicyclic amines) is 1. The monoisotopic (exact) mass is 458 g/mol. The van der Waals surface area contributed by atoms with Gasteiger partial charge < -0.3 is 14.2 Å². The van der Waals surface area contributed by atoms with Crippen LogP contribution in [0.1, 0.15) is 51.8 Å². The second kappa shape index (κ2) is 8.74. The summed E-state index contributed by atoms with van der Waals surface area (Å²) in [6.07, 6.45) is 4.78. The minimum atomic E-state index is -0.277. The van der Waals surface area contributed by atoms with Gasteiger partial charge in [-0.2, -0.15) is 20.0 Å². The zero-order chi connectivity index (χ0) is 23.8. The highest BCUT2D eigenvalue weighted by Crippen LogP contribution is 2.35. The number of aryl methyl sites for hydroxylation is 3. The Hall–Kier alpha value is -4.01. The van der Waals surface area contributed by atoms with Crippen molar-refractivity contribution in [1.82, 2.24) is 30.0 Å². The quantitative estimate of drug-likeness (QED) is 0.441. The predicted molar refractivity (Wildman–Crippen MR) is 125 cm³/mol. The van der Waals surface area contributed by atoms with E-state index in [-0.39, 0.29) is 11.9 Å². The average molecular weight is 459 g/mol. The van der Waals surface area contributed by atoms with Crippen LogP contribution in [0, 0.1) is 20.8 Å². The molecule has 4 aromatic rings. The molecule has 5 rings (SSSR count). The summed E-state index contributed by atoms with van der Waals surface area (Å²) in [6.45, 7) is 6.56. The van der Waals surface area contributed by atoms with Gasteiger partial charge in [-0.3, -0.25) is 4.79 Å². The molecule has 1 aliphatic rings. The van der Waals surface area contributed by atoms with Crippen LogP contribution in [0.25, 0.3) is 17.1 Å². The summed E-state index contributed by atoms with van der Waals surface area (Å²) in [6, 6.07) is 9.46. The molecule has 3 heterocycles. The number of amides is 1. The molecule has 9 heteroatoms. The van der Waals surface area contributed by atoms with Crippen LogP contribution in [0.15, 0.2) is 47.2 Å². The number of rotatable bonds is 5. The third kappa shape index (κ3) is 3.83. The van der Waals surface area contributed by atoms with Crippen molar-refractivity contribution >= 4 is 5.91 Å². The number of ether oxygens (including phenoxy) is 1. The van der Waals surface area contributed by atoms with E-state index in [0.717, 1.165) is 35.1 Å². The van der Waals surface area contributed by atoms with Gasteiger partial charge >= 0.3 is 0 Å². The zero-order valence-corrected chi connectivity index (χ0v) is 19.6. The lowest BCUT2D eigenvalue weighted by Crippen LogP contribution is -2.32. The van der Waals surface area contributed by atoms with Gasteiger partial charge in [0.2, 0.25) is 0 Å². The number of methoxy groups -OCH3 is 1. The lowest BCUT2D eigenvalue weighted by Gasteiger charge is -2.24. The molecule has 0 bridgehead atoms. The first-order valence-electron chi connectivity index (χ1n) is 11.2. The van der Waals surface area contributed by atoms with Crippen molar-refractivity contribution in [3.05, 3.63) is 70.8 Å². The SMILES string of the molecule is COc1cc(C(=O)N2CCCC2c2noc(-c3cc(C)ccc3C)n2)c(-n2nccn2)cc1C. The molecule has 1 saturated heterocycles. The molecule has 1 atom stereocenters. The Labute approximate surface area is 197 Å². The van der Waals surface area contributed by atoms with Crippen LogP contribution in [0.4, 0.5) is 0 Å². The summed E-state index contributed by atoms with van der Waals surface area (Å²) in [4.78, 5) is 21.8. The minimum Gasteiger partial charge on any atom is -0.496 e. The second-order valence-electron chi connectivity index (χ2n) is 8.59. The van der Waals surface area contributed by atoms with Crippen LogP contribution < -0.4 is 4.74 Å². The first kappa shape index (κ1) is 21.8. The van der Waals surface area contributed by atoms with E-state index in [4.69, 9.17) is 9.26 Å². The minimum absolute atomic E-state index is 0.147. The van der Waals surface area contributed by atoms with E-state index < -0.39 is 0 Å². The van der Waals surface area contributed by atoms with Crippen LogP contribution in [-0.2, 0) is 0 Å². The molecule has 0 spiro atoms. The molecule has 0 saturated carbocycles. The highest BCUT2D eigenvalue weighted by Gasteiger charge is 2.35. The molecule has 1 aliphatic heterocycles. The summed E-state index contributed by atoms with van der Waals surface area (Å²) in [7, 11) is 1.59. The van der Waals surface area contributed by atoms with E-state index in [9.17, 15) is 4.79 Å². The summed E-state index contributed by atoms with van der Waals surface area (Å²) >= 11 is 0. The highest BCUT2D eigenvalue weighted by atomic mass is 16.5. The van der Waals surface area contributed by atoms with E-state index >= 15 is 0 Å². The standard InChI is InChI=1S/C25H26N6O3/c1-15-7-8-16(2)18(12-15)24-28-23(29-34-24)20-6-5-11-30(20)25(32)19-14-22(33-4)17(3)13-21(19)31-26-9-10-27-31/h7-10,12-14,20H,5-6,11H2,1-4H3. The van der Waals surface area contributed by atoms with E-state index in [1.54, 1.807) is 30.5 Å². The molecule has 0 radical (unpaired) electrons. The van der Waals surface area contributed by atoms with Gasteiger partial charge in [0.15, 0.2) is 5.82 Å². The molecule has 2 aromatic carbocycles. The molecule has 174 valence electrons.